The molecule has 1 saturated heterocycles. The van der Waals surface area contributed by atoms with Crippen molar-refractivity contribution in [1.82, 2.24) is 26.3 Å². The standard InChI is InChI=1S/C31H41N5O8/c1-6-7-20(25(38)28(40)33-19-9-10-19)34-27(39)22-14-31(15-36(22)29(41)26(30(3,4)5)32-17(2)37)13-21(35-44-31)18-8-11-23-24(12-18)43-16-42-23/h8,11-13,19-20,22,26,35H,6-7,9-10,14-16H2,1-5H3,(H,32,37)(H,33,40)(H,34,39)/t20-,22-,26+,31-/m0/s1. The Bertz CT molecular complexity index is 1380. The molecule has 1 aliphatic carbocycles. The van der Waals surface area contributed by atoms with Crippen LogP contribution in [-0.4, -0.2) is 77.4 Å². The van der Waals surface area contributed by atoms with Crippen LogP contribution in [0.5, 0.6) is 11.5 Å². The summed E-state index contributed by atoms with van der Waals surface area (Å²) in [6.45, 7) is 8.80. The lowest BCUT2D eigenvalue weighted by Crippen LogP contribution is -2.59. The van der Waals surface area contributed by atoms with E-state index in [9.17, 15) is 24.0 Å². The molecule has 1 spiro atoms. The number of Topliss-reactive ketones (excluding diaryl/α,β-unsaturated/α-hetero) is 1. The first-order valence-electron chi connectivity index (χ1n) is 15.1. The van der Waals surface area contributed by atoms with Gasteiger partial charge in [0.1, 0.15) is 17.7 Å². The van der Waals surface area contributed by atoms with Gasteiger partial charge in [-0.15, -0.1) is 0 Å². The van der Waals surface area contributed by atoms with Gasteiger partial charge < -0.3 is 30.3 Å². The first-order valence-corrected chi connectivity index (χ1v) is 15.1. The Balaban J connectivity index is 1.43. The number of hydrogen-bond donors (Lipinski definition) is 4. The molecule has 4 atom stereocenters. The van der Waals surface area contributed by atoms with E-state index in [-0.39, 0.29) is 38.1 Å². The number of likely N-dealkylation sites (tertiary alicyclic amines) is 1. The lowest BCUT2D eigenvalue weighted by molar-refractivity contribution is -0.145. The monoisotopic (exact) mass is 611 g/mol. The third-order valence-electron chi connectivity index (χ3n) is 8.20. The maximum absolute atomic E-state index is 14.1. The fourth-order valence-corrected chi connectivity index (χ4v) is 5.72. The predicted octanol–water partition coefficient (Wildman–Crippen LogP) is 1.31. The number of amides is 4. The summed E-state index contributed by atoms with van der Waals surface area (Å²) in [5.41, 5.74) is 2.57. The molecule has 1 aromatic rings. The van der Waals surface area contributed by atoms with Crippen LogP contribution in [0.15, 0.2) is 24.3 Å². The smallest absolute Gasteiger partial charge is 0.289 e. The molecule has 4 amide bonds. The third kappa shape index (κ3) is 6.67. The summed E-state index contributed by atoms with van der Waals surface area (Å²) in [4.78, 5) is 73.2. The van der Waals surface area contributed by atoms with Crippen LogP contribution in [0.2, 0.25) is 0 Å². The van der Waals surface area contributed by atoms with Gasteiger partial charge in [0.25, 0.3) is 5.91 Å². The molecule has 13 nitrogen and oxygen atoms in total. The Morgan fingerprint density at radius 1 is 1.09 bits per heavy atom. The highest BCUT2D eigenvalue weighted by Crippen LogP contribution is 2.41. The van der Waals surface area contributed by atoms with Gasteiger partial charge in [-0.05, 0) is 49.0 Å². The Morgan fingerprint density at radius 3 is 2.48 bits per heavy atom. The van der Waals surface area contributed by atoms with Gasteiger partial charge in [-0.2, -0.15) is 0 Å². The molecule has 5 rings (SSSR count). The van der Waals surface area contributed by atoms with Crippen LogP contribution in [0.25, 0.3) is 5.70 Å². The molecule has 0 aromatic heterocycles. The summed E-state index contributed by atoms with van der Waals surface area (Å²) in [6, 6.07) is 2.41. The minimum atomic E-state index is -1.09. The van der Waals surface area contributed by atoms with Crippen LogP contribution in [0.3, 0.4) is 0 Å². The molecule has 0 unspecified atom stereocenters. The summed E-state index contributed by atoms with van der Waals surface area (Å²) in [5, 5.41) is 8.19. The molecule has 0 bridgehead atoms. The zero-order valence-corrected chi connectivity index (χ0v) is 25.8. The molecule has 3 heterocycles. The van der Waals surface area contributed by atoms with E-state index >= 15 is 0 Å². The first kappa shape index (κ1) is 31.3. The number of nitrogens with zero attached hydrogens (tertiary/aromatic N) is 1. The second kappa shape index (κ2) is 12.1. The topological polar surface area (TPSA) is 164 Å². The van der Waals surface area contributed by atoms with Gasteiger partial charge in [0, 0.05) is 24.9 Å². The molecule has 13 heteroatoms. The van der Waals surface area contributed by atoms with E-state index in [1.54, 1.807) is 6.07 Å². The maximum Gasteiger partial charge on any atom is 0.289 e. The number of hydrogen-bond acceptors (Lipinski definition) is 9. The van der Waals surface area contributed by atoms with Gasteiger partial charge in [0.05, 0.1) is 18.3 Å². The molecule has 1 saturated carbocycles. The number of carbonyl (C=O) groups excluding carboxylic acids is 5. The van der Waals surface area contributed by atoms with Gasteiger partial charge in [0.2, 0.25) is 30.3 Å². The zero-order chi connectivity index (χ0) is 31.8. The molecular weight excluding hydrogens is 570 g/mol. The Kier molecular flexibility index (Phi) is 8.61. The van der Waals surface area contributed by atoms with Gasteiger partial charge in [-0.25, -0.2) is 0 Å². The lowest BCUT2D eigenvalue weighted by atomic mass is 9.85. The number of ketones is 1. The van der Waals surface area contributed by atoms with Crippen molar-refractivity contribution in [2.75, 3.05) is 13.3 Å². The van der Waals surface area contributed by atoms with Crippen LogP contribution in [0, 0.1) is 5.41 Å². The van der Waals surface area contributed by atoms with Crippen molar-refractivity contribution in [2.45, 2.75) is 96.5 Å². The van der Waals surface area contributed by atoms with Crippen LogP contribution in [0.4, 0.5) is 0 Å². The van der Waals surface area contributed by atoms with E-state index in [4.69, 9.17) is 14.3 Å². The highest BCUT2D eigenvalue weighted by molar-refractivity contribution is 6.38. The van der Waals surface area contributed by atoms with E-state index in [2.05, 4.69) is 21.4 Å². The van der Waals surface area contributed by atoms with Crippen molar-refractivity contribution in [1.29, 1.82) is 0 Å². The molecule has 0 radical (unpaired) electrons. The molecule has 4 aliphatic rings. The summed E-state index contributed by atoms with van der Waals surface area (Å²) in [7, 11) is 0. The average molecular weight is 612 g/mol. The Morgan fingerprint density at radius 2 is 1.82 bits per heavy atom. The van der Waals surface area contributed by atoms with E-state index in [0.717, 1.165) is 18.4 Å². The number of benzene rings is 1. The van der Waals surface area contributed by atoms with Crippen molar-refractivity contribution in [2.24, 2.45) is 5.41 Å². The minimum Gasteiger partial charge on any atom is -0.454 e. The van der Waals surface area contributed by atoms with Gasteiger partial charge in [-0.3, -0.25) is 34.3 Å². The second-order valence-corrected chi connectivity index (χ2v) is 13.0. The average Bonchev–Trinajstić information content (AvgIpc) is 3.34. The molecule has 238 valence electrons. The van der Waals surface area contributed by atoms with Gasteiger partial charge >= 0.3 is 0 Å². The normalized spacial score (nSPS) is 23.4. The first-order chi connectivity index (χ1) is 20.8. The van der Waals surface area contributed by atoms with Crippen LogP contribution in [-0.2, 0) is 28.8 Å². The lowest BCUT2D eigenvalue weighted by Gasteiger charge is -2.35. The largest absolute Gasteiger partial charge is 0.454 e. The molecule has 44 heavy (non-hydrogen) atoms. The summed E-state index contributed by atoms with van der Waals surface area (Å²) in [5.74, 6) is -1.63. The Hall–Kier alpha value is -4.13. The SMILES string of the molecule is CCC[C@H](NC(=O)[C@@H]1C[C@@]2(C=C(c3ccc4c(c3)OCO4)NO2)CN1C(=O)[C@@H](NC(C)=O)C(C)(C)C)C(=O)C(=O)NC1CC1. The predicted molar refractivity (Wildman–Crippen MR) is 158 cm³/mol. The highest BCUT2D eigenvalue weighted by atomic mass is 16.7. The fraction of sp³-hybridized carbons (Fsp3) is 0.581. The number of ether oxygens (including phenoxy) is 2. The number of fused-ring (bicyclic) bond motifs is 1. The summed E-state index contributed by atoms with van der Waals surface area (Å²) in [6.07, 6.45) is 4.36. The highest BCUT2D eigenvalue weighted by Gasteiger charge is 2.54. The van der Waals surface area contributed by atoms with E-state index in [1.807, 2.05) is 45.9 Å². The van der Waals surface area contributed by atoms with Crippen LogP contribution >= 0.6 is 0 Å². The van der Waals surface area contributed by atoms with E-state index in [1.165, 1.54) is 11.8 Å². The molecule has 4 N–H and O–H groups in total. The van der Waals surface area contributed by atoms with Gasteiger partial charge in [0.15, 0.2) is 11.5 Å². The number of rotatable bonds is 10. The van der Waals surface area contributed by atoms with Crippen molar-refractivity contribution >= 4 is 35.1 Å². The zero-order valence-electron chi connectivity index (χ0n) is 25.8. The fourth-order valence-electron chi connectivity index (χ4n) is 5.72. The molecular formula is C31H41N5O8. The molecule has 2 fully saturated rings. The second-order valence-electron chi connectivity index (χ2n) is 13.0. The van der Waals surface area contributed by atoms with Crippen molar-refractivity contribution in [3.05, 3.63) is 29.8 Å². The summed E-state index contributed by atoms with van der Waals surface area (Å²) >= 11 is 0. The van der Waals surface area contributed by atoms with Crippen LogP contribution < -0.4 is 30.9 Å². The van der Waals surface area contributed by atoms with Crippen molar-refractivity contribution in [3.8, 4) is 11.5 Å². The third-order valence-corrected chi connectivity index (χ3v) is 8.20. The van der Waals surface area contributed by atoms with Gasteiger partial charge in [-0.1, -0.05) is 34.1 Å². The van der Waals surface area contributed by atoms with E-state index < -0.39 is 52.6 Å². The molecule has 1 aromatic carbocycles. The van der Waals surface area contributed by atoms with Crippen molar-refractivity contribution < 1.29 is 38.3 Å². The number of carbonyl (C=O) groups is 5. The minimum absolute atomic E-state index is 0.00565. The van der Waals surface area contributed by atoms with E-state index in [0.29, 0.717) is 23.6 Å². The molecule has 3 aliphatic heterocycles. The Labute approximate surface area is 256 Å². The summed E-state index contributed by atoms with van der Waals surface area (Å²) < 4.78 is 10.9. The quantitative estimate of drug-likeness (QED) is 0.286. The number of nitrogens with one attached hydrogen (secondary N) is 4. The number of hydroxylamine groups is 1. The van der Waals surface area contributed by atoms with Crippen LogP contribution in [0.1, 0.15) is 72.3 Å². The van der Waals surface area contributed by atoms with Crippen molar-refractivity contribution in [3.63, 3.8) is 0 Å². The maximum atomic E-state index is 14.1.